The molecule has 0 fully saturated rings. The van der Waals surface area contributed by atoms with Gasteiger partial charge in [-0.05, 0) is 49.4 Å². The number of carbonyl (C=O) groups is 1. The van der Waals surface area contributed by atoms with E-state index >= 15 is 0 Å². The smallest absolute Gasteiger partial charge is 0.307 e. The van der Waals surface area contributed by atoms with Crippen molar-refractivity contribution in [1.82, 2.24) is 0 Å². The number of carboxylic acids is 1. The molecule has 0 spiro atoms. The maximum atomic E-state index is 12.2. The van der Waals surface area contributed by atoms with Gasteiger partial charge in [0.2, 0.25) is 0 Å². The van der Waals surface area contributed by atoms with Crippen molar-refractivity contribution in [2.75, 3.05) is 0 Å². The molecule has 0 amide bonds. The SMILES string of the molecule is CCCCC(C(=O)O)C1(C)C(C)=Nc2ccc3c(S(=O)(=O)O)cc(S(=O)(=O)O)cc3c21. The van der Waals surface area contributed by atoms with E-state index in [4.69, 9.17) is 0 Å². The van der Waals surface area contributed by atoms with Crippen LogP contribution in [0.15, 0.2) is 39.0 Å². The Morgan fingerprint density at radius 2 is 1.74 bits per heavy atom. The van der Waals surface area contributed by atoms with E-state index in [1.165, 1.54) is 12.1 Å². The zero-order valence-corrected chi connectivity index (χ0v) is 18.8. The van der Waals surface area contributed by atoms with Crippen molar-refractivity contribution in [2.24, 2.45) is 10.9 Å². The van der Waals surface area contributed by atoms with E-state index in [1.54, 1.807) is 13.8 Å². The van der Waals surface area contributed by atoms with Crippen LogP contribution in [0.1, 0.15) is 45.6 Å². The fraction of sp³-hybridized carbons (Fsp3) is 0.400. The fourth-order valence-corrected chi connectivity index (χ4v) is 5.68. The third-order valence-electron chi connectivity index (χ3n) is 6.03. The van der Waals surface area contributed by atoms with Gasteiger partial charge < -0.3 is 5.11 Å². The van der Waals surface area contributed by atoms with Gasteiger partial charge in [-0.2, -0.15) is 16.8 Å². The van der Waals surface area contributed by atoms with Crippen molar-refractivity contribution in [2.45, 2.75) is 55.2 Å². The summed E-state index contributed by atoms with van der Waals surface area (Å²) >= 11 is 0. The number of hydrogen-bond donors (Lipinski definition) is 3. The van der Waals surface area contributed by atoms with Crippen molar-refractivity contribution < 1.29 is 35.8 Å². The molecular formula is C20H23NO8S2. The van der Waals surface area contributed by atoms with E-state index in [1.807, 2.05) is 6.92 Å². The average molecular weight is 470 g/mol. The molecule has 2 atom stereocenters. The van der Waals surface area contributed by atoms with Gasteiger partial charge in [-0.1, -0.05) is 25.8 Å². The van der Waals surface area contributed by atoms with Gasteiger partial charge in [0.05, 0.1) is 16.5 Å². The summed E-state index contributed by atoms with van der Waals surface area (Å²) in [5.74, 6) is -1.97. The van der Waals surface area contributed by atoms with Gasteiger partial charge in [-0.25, -0.2) is 0 Å². The van der Waals surface area contributed by atoms with Crippen LogP contribution < -0.4 is 0 Å². The summed E-state index contributed by atoms with van der Waals surface area (Å²) in [5.41, 5.74) is 0.0547. The van der Waals surface area contributed by atoms with Gasteiger partial charge in [0, 0.05) is 16.5 Å². The predicted octanol–water partition coefficient (Wildman–Crippen LogP) is 3.59. The highest BCUT2D eigenvalue weighted by molar-refractivity contribution is 7.86. The Bertz CT molecular complexity index is 1330. The van der Waals surface area contributed by atoms with Crippen LogP contribution >= 0.6 is 0 Å². The number of aliphatic carboxylic acids is 1. The third-order valence-corrected chi connectivity index (χ3v) is 7.75. The Morgan fingerprint density at radius 3 is 2.26 bits per heavy atom. The van der Waals surface area contributed by atoms with Gasteiger partial charge >= 0.3 is 5.97 Å². The molecule has 3 N–H and O–H groups in total. The number of carboxylic acid groups (broad SMARTS) is 1. The highest BCUT2D eigenvalue weighted by Gasteiger charge is 2.48. The molecule has 0 aliphatic carbocycles. The molecule has 168 valence electrons. The molecule has 0 radical (unpaired) electrons. The minimum atomic E-state index is -4.86. The van der Waals surface area contributed by atoms with Crippen LogP contribution in [0.5, 0.6) is 0 Å². The monoisotopic (exact) mass is 469 g/mol. The third kappa shape index (κ3) is 3.86. The van der Waals surface area contributed by atoms with Gasteiger partial charge in [0.25, 0.3) is 20.2 Å². The van der Waals surface area contributed by atoms with Crippen molar-refractivity contribution in [3.63, 3.8) is 0 Å². The second-order valence-electron chi connectivity index (χ2n) is 7.86. The Kier molecular flexibility index (Phi) is 5.76. The van der Waals surface area contributed by atoms with Crippen molar-refractivity contribution in [1.29, 1.82) is 0 Å². The molecule has 1 aliphatic heterocycles. The first kappa shape index (κ1) is 23.3. The molecule has 1 aliphatic rings. The van der Waals surface area contributed by atoms with E-state index in [0.29, 0.717) is 35.9 Å². The maximum Gasteiger partial charge on any atom is 0.307 e. The first-order valence-electron chi connectivity index (χ1n) is 9.57. The lowest BCUT2D eigenvalue weighted by molar-refractivity contribution is -0.143. The van der Waals surface area contributed by atoms with Crippen molar-refractivity contribution >= 4 is 48.4 Å². The van der Waals surface area contributed by atoms with E-state index < -0.39 is 47.3 Å². The summed E-state index contributed by atoms with van der Waals surface area (Å²) in [7, 11) is -9.69. The first-order chi connectivity index (χ1) is 14.2. The van der Waals surface area contributed by atoms with Gasteiger partial charge in [0.1, 0.15) is 4.90 Å². The van der Waals surface area contributed by atoms with E-state index in [2.05, 4.69) is 4.99 Å². The Labute approximate surface area is 180 Å². The van der Waals surface area contributed by atoms with Gasteiger partial charge in [0.15, 0.2) is 0 Å². The molecule has 11 heteroatoms. The summed E-state index contributed by atoms with van der Waals surface area (Å²) in [4.78, 5) is 15.3. The van der Waals surface area contributed by atoms with Crippen LogP contribution in [0.4, 0.5) is 5.69 Å². The number of benzene rings is 2. The Hall–Kier alpha value is -2.34. The molecule has 9 nitrogen and oxygen atoms in total. The second-order valence-corrected chi connectivity index (χ2v) is 10.7. The number of aliphatic imine (C=N–C) groups is 1. The van der Waals surface area contributed by atoms with Crippen molar-refractivity contribution in [3.8, 4) is 0 Å². The molecule has 2 aromatic rings. The number of hydrogen-bond acceptors (Lipinski definition) is 6. The minimum Gasteiger partial charge on any atom is -0.481 e. The average Bonchev–Trinajstić information content (AvgIpc) is 2.90. The molecule has 0 bridgehead atoms. The molecule has 0 saturated carbocycles. The van der Waals surface area contributed by atoms with E-state index in [-0.39, 0.29) is 10.8 Å². The van der Waals surface area contributed by atoms with Crippen LogP contribution in [0.2, 0.25) is 0 Å². The molecule has 31 heavy (non-hydrogen) atoms. The lowest BCUT2D eigenvalue weighted by Gasteiger charge is -2.34. The van der Waals surface area contributed by atoms with Crippen LogP contribution in [0, 0.1) is 5.92 Å². The second kappa shape index (κ2) is 7.66. The molecule has 2 aromatic carbocycles. The molecular weight excluding hydrogens is 446 g/mol. The van der Waals surface area contributed by atoms with Gasteiger partial charge in [-0.3, -0.25) is 18.9 Å². The maximum absolute atomic E-state index is 12.2. The summed E-state index contributed by atoms with van der Waals surface area (Å²) in [6.45, 7) is 5.28. The first-order valence-corrected chi connectivity index (χ1v) is 12.5. The lowest BCUT2D eigenvalue weighted by atomic mass is 9.67. The molecule has 2 unspecified atom stereocenters. The lowest BCUT2D eigenvalue weighted by Crippen LogP contribution is -2.41. The normalized spacial score (nSPS) is 19.8. The van der Waals surface area contributed by atoms with Crippen LogP contribution in [0.3, 0.4) is 0 Å². The quantitative estimate of drug-likeness (QED) is 0.519. The highest BCUT2D eigenvalue weighted by atomic mass is 32.2. The summed E-state index contributed by atoms with van der Waals surface area (Å²) in [6.07, 6.45) is 1.72. The number of fused-ring (bicyclic) bond motifs is 3. The van der Waals surface area contributed by atoms with Crippen LogP contribution in [-0.4, -0.2) is 42.7 Å². The summed E-state index contributed by atoms with van der Waals surface area (Å²) in [6, 6.07) is 4.64. The molecule has 3 rings (SSSR count). The summed E-state index contributed by atoms with van der Waals surface area (Å²) in [5, 5.41) is 10.1. The summed E-state index contributed by atoms with van der Waals surface area (Å²) < 4.78 is 66.9. The van der Waals surface area contributed by atoms with Crippen LogP contribution in [-0.2, 0) is 30.4 Å². The van der Waals surface area contributed by atoms with Crippen LogP contribution in [0.25, 0.3) is 10.8 Å². The molecule has 0 aromatic heterocycles. The highest BCUT2D eigenvalue weighted by Crippen LogP contribution is 2.50. The number of rotatable bonds is 7. The van der Waals surface area contributed by atoms with E-state index in [9.17, 15) is 35.8 Å². The fourth-order valence-electron chi connectivity index (χ4n) is 4.34. The zero-order valence-electron chi connectivity index (χ0n) is 17.2. The molecule has 1 heterocycles. The number of nitrogens with zero attached hydrogens (tertiary/aromatic N) is 1. The standard InChI is InChI=1S/C20H23NO8S2/c1-4-5-6-15(19(22)23)20(3)11(2)21-16-8-7-13-14(18(16)20)9-12(30(24,25)26)10-17(13)31(27,28)29/h7-10,15H,4-6H2,1-3H3,(H,22,23)(H,24,25,26)(H,27,28,29). The zero-order chi connectivity index (χ0) is 23.4. The Balaban J connectivity index is 2.48. The largest absolute Gasteiger partial charge is 0.481 e. The minimum absolute atomic E-state index is 0.00408. The number of unbranched alkanes of at least 4 members (excludes halogenated alkanes) is 1. The van der Waals surface area contributed by atoms with E-state index in [0.717, 1.165) is 12.5 Å². The predicted molar refractivity (Wildman–Crippen MR) is 114 cm³/mol. The van der Waals surface area contributed by atoms with Gasteiger partial charge in [-0.15, -0.1) is 0 Å². The van der Waals surface area contributed by atoms with Crippen molar-refractivity contribution in [3.05, 3.63) is 29.8 Å². The molecule has 0 saturated heterocycles. The Morgan fingerprint density at radius 1 is 1.10 bits per heavy atom. The topological polar surface area (TPSA) is 158 Å².